The van der Waals surface area contributed by atoms with Gasteiger partial charge in [0.1, 0.15) is 17.8 Å². The molecule has 0 spiro atoms. The molecule has 1 aliphatic carbocycles. The average Bonchev–Trinajstić information content (AvgIpc) is 2.94. The zero-order chi connectivity index (χ0) is 10.4. The van der Waals surface area contributed by atoms with Crippen molar-refractivity contribution in [3.63, 3.8) is 0 Å². The Kier molecular flexibility index (Phi) is 1.71. The van der Waals surface area contributed by atoms with Gasteiger partial charge in [-0.1, -0.05) is 0 Å². The molecule has 0 atom stereocenters. The van der Waals surface area contributed by atoms with Gasteiger partial charge in [0, 0.05) is 12.7 Å². The summed E-state index contributed by atoms with van der Waals surface area (Å²) in [6.07, 6.45) is 6.37. The molecule has 15 heavy (non-hydrogen) atoms. The summed E-state index contributed by atoms with van der Waals surface area (Å²) in [6.45, 7) is 3.13. The maximum Gasteiger partial charge on any atom is 0.145 e. The molecular weight excluding hydrogens is 188 g/mol. The Morgan fingerprint density at radius 3 is 3.00 bits per heavy atom. The first-order valence-corrected chi connectivity index (χ1v) is 5.31. The molecule has 1 aliphatic rings. The van der Waals surface area contributed by atoms with Gasteiger partial charge in [0.05, 0.1) is 5.39 Å². The van der Waals surface area contributed by atoms with Crippen LogP contribution in [0.4, 0.5) is 5.82 Å². The summed E-state index contributed by atoms with van der Waals surface area (Å²) in [7, 11) is 0. The van der Waals surface area contributed by atoms with Gasteiger partial charge >= 0.3 is 0 Å². The molecular formula is C11H14N4. The van der Waals surface area contributed by atoms with Gasteiger partial charge in [-0.3, -0.25) is 0 Å². The smallest absolute Gasteiger partial charge is 0.145 e. The average molecular weight is 202 g/mol. The molecule has 2 aromatic heterocycles. The number of nitrogens with zero attached hydrogens (tertiary/aromatic N) is 3. The van der Waals surface area contributed by atoms with E-state index in [9.17, 15) is 0 Å². The third-order valence-electron chi connectivity index (χ3n) is 3.02. The minimum Gasteiger partial charge on any atom is -0.383 e. The van der Waals surface area contributed by atoms with Crippen LogP contribution in [-0.2, 0) is 6.54 Å². The fourth-order valence-corrected chi connectivity index (χ4v) is 2.06. The summed E-state index contributed by atoms with van der Waals surface area (Å²) in [6, 6.07) is 0. The number of aryl methyl sites for hydroxylation is 1. The maximum atomic E-state index is 5.85. The molecule has 0 unspecified atom stereocenters. The number of nitrogen functional groups attached to an aromatic ring is 1. The molecule has 0 saturated heterocycles. The predicted octanol–water partition coefficient (Wildman–Crippen LogP) is 1.73. The van der Waals surface area contributed by atoms with Gasteiger partial charge in [0.15, 0.2) is 0 Å². The largest absolute Gasteiger partial charge is 0.383 e. The summed E-state index contributed by atoms with van der Waals surface area (Å²) in [5.41, 5.74) is 8.00. The van der Waals surface area contributed by atoms with Crippen molar-refractivity contribution in [2.75, 3.05) is 5.73 Å². The van der Waals surface area contributed by atoms with Gasteiger partial charge < -0.3 is 10.3 Å². The fourth-order valence-electron chi connectivity index (χ4n) is 2.06. The molecule has 4 heteroatoms. The molecule has 0 radical (unpaired) electrons. The van der Waals surface area contributed by atoms with Crippen LogP contribution in [0.15, 0.2) is 12.5 Å². The number of anilines is 1. The first kappa shape index (κ1) is 8.71. The molecule has 0 amide bonds. The maximum absolute atomic E-state index is 5.85. The highest BCUT2D eigenvalue weighted by Crippen LogP contribution is 2.32. The topological polar surface area (TPSA) is 56.7 Å². The molecule has 78 valence electrons. The lowest BCUT2D eigenvalue weighted by Crippen LogP contribution is -2.00. The van der Waals surface area contributed by atoms with Crippen molar-refractivity contribution >= 4 is 16.9 Å². The molecule has 0 aliphatic heterocycles. The second-order valence-electron chi connectivity index (χ2n) is 4.37. The van der Waals surface area contributed by atoms with Gasteiger partial charge in [-0.2, -0.15) is 0 Å². The van der Waals surface area contributed by atoms with Gasteiger partial charge in [0.25, 0.3) is 0 Å². The van der Waals surface area contributed by atoms with E-state index in [0.717, 1.165) is 23.5 Å². The fraction of sp³-hybridized carbons (Fsp3) is 0.455. The van der Waals surface area contributed by atoms with Crippen molar-refractivity contribution in [2.24, 2.45) is 5.92 Å². The summed E-state index contributed by atoms with van der Waals surface area (Å²) >= 11 is 0. The van der Waals surface area contributed by atoms with E-state index in [0.29, 0.717) is 5.82 Å². The normalized spacial score (nSPS) is 16.1. The predicted molar refractivity (Wildman–Crippen MR) is 59.4 cm³/mol. The summed E-state index contributed by atoms with van der Waals surface area (Å²) in [5.74, 6) is 1.43. The van der Waals surface area contributed by atoms with Crippen LogP contribution in [0.25, 0.3) is 11.0 Å². The van der Waals surface area contributed by atoms with Crippen molar-refractivity contribution in [1.82, 2.24) is 14.5 Å². The van der Waals surface area contributed by atoms with Crippen LogP contribution in [-0.4, -0.2) is 14.5 Å². The standard InChI is InChI=1S/C11H14N4/c1-7-4-15(5-8-2-3-8)11-9(7)10(12)13-6-14-11/h4,6,8H,2-3,5H2,1H3,(H2,12,13,14). The van der Waals surface area contributed by atoms with E-state index in [1.165, 1.54) is 18.4 Å². The number of fused-ring (bicyclic) bond motifs is 1. The first-order chi connectivity index (χ1) is 7.25. The van der Waals surface area contributed by atoms with Crippen LogP contribution >= 0.6 is 0 Å². The molecule has 3 rings (SSSR count). The van der Waals surface area contributed by atoms with Crippen molar-refractivity contribution in [3.05, 3.63) is 18.1 Å². The zero-order valence-electron chi connectivity index (χ0n) is 8.77. The molecule has 0 aromatic carbocycles. The van der Waals surface area contributed by atoms with Gasteiger partial charge in [-0.15, -0.1) is 0 Å². The van der Waals surface area contributed by atoms with Crippen molar-refractivity contribution < 1.29 is 0 Å². The summed E-state index contributed by atoms with van der Waals surface area (Å²) in [4.78, 5) is 8.35. The minimum atomic E-state index is 0.590. The Morgan fingerprint density at radius 2 is 2.27 bits per heavy atom. The van der Waals surface area contributed by atoms with Gasteiger partial charge in [-0.05, 0) is 31.2 Å². The van der Waals surface area contributed by atoms with Crippen molar-refractivity contribution in [3.8, 4) is 0 Å². The van der Waals surface area contributed by atoms with E-state index < -0.39 is 0 Å². The second-order valence-corrected chi connectivity index (χ2v) is 4.37. The molecule has 4 nitrogen and oxygen atoms in total. The molecule has 1 saturated carbocycles. The third kappa shape index (κ3) is 1.37. The monoisotopic (exact) mass is 202 g/mol. The highest BCUT2D eigenvalue weighted by molar-refractivity contribution is 5.89. The van der Waals surface area contributed by atoms with E-state index >= 15 is 0 Å². The Morgan fingerprint density at radius 1 is 1.47 bits per heavy atom. The van der Waals surface area contributed by atoms with E-state index in [4.69, 9.17) is 5.73 Å². The molecule has 2 heterocycles. The lowest BCUT2D eigenvalue weighted by atomic mass is 10.2. The lowest BCUT2D eigenvalue weighted by Gasteiger charge is -2.02. The quantitative estimate of drug-likeness (QED) is 0.806. The number of rotatable bonds is 2. The van der Waals surface area contributed by atoms with Gasteiger partial charge in [0.2, 0.25) is 0 Å². The van der Waals surface area contributed by atoms with Crippen molar-refractivity contribution in [2.45, 2.75) is 26.3 Å². The van der Waals surface area contributed by atoms with E-state index in [2.05, 4.69) is 27.7 Å². The second kappa shape index (κ2) is 2.95. The van der Waals surface area contributed by atoms with Crippen LogP contribution < -0.4 is 5.73 Å². The minimum absolute atomic E-state index is 0.590. The Labute approximate surface area is 88.1 Å². The summed E-state index contributed by atoms with van der Waals surface area (Å²) in [5, 5.41) is 1.01. The zero-order valence-corrected chi connectivity index (χ0v) is 8.77. The molecule has 0 bridgehead atoms. The number of nitrogens with two attached hydrogens (primary N) is 1. The third-order valence-corrected chi connectivity index (χ3v) is 3.02. The number of aromatic nitrogens is 3. The number of hydrogen-bond acceptors (Lipinski definition) is 3. The SMILES string of the molecule is Cc1cn(CC2CC2)c2ncnc(N)c12. The van der Waals surface area contributed by atoms with E-state index in [1.807, 2.05) is 0 Å². The van der Waals surface area contributed by atoms with E-state index in [-0.39, 0.29) is 0 Å². The van der Waals surface area contributed by atoms with Crippen molar-refractivity contribution in [1.29, 1.82) is 0 Å². The molecule has 2 aromatic rings. The highest BCUT2D eigenvalue weighted by atomic mass is 15.1. The Bertz CT molecular complexity index is 511. The number of hydrogen-bond donors (Lipinski definition) is 1. The van der Waals surface area contributed by atoms with Crippen LogP contribution in [0, 0.1) is 12.8 Å². The van der Waals surface area contributed by atoms with Crippen LogP contribution in [0.3, 0.4) is 0 Å². The van der Waals surface area contributed by atoms with Crippen LogP contribution in [0.2, 0.25) is 0 Å². The van der Waals surface area contributed by atoms with E-state index in [1.54, 1.807) is 6.33 Å². The van der Waals surface area contributed by atoms with Crippen LogP contribution in [0.1, 0.15) is 18.4 Å². The molecule has 1 fully saturated rings. The Hall–Kier alpha value is -1.58. The summed E-state index contributed by atoms with van der Waals surface area (Å²) < 4.78 is 2.21. The van der Waals surface area contributed by atoms with Crippen LogP contribution in [0.5, 0.6) is 0 Å². The first-order valence-electron chi connectivity index (χ1n) is 5.31. The Balaban J connectivity index is 2.17. The lowest BCUT2D eigenvalue weighted by molar-refractivity contribution is 0.641. The van der Waals surface area contributed by atoms with Gasteiger partial charge in [-0.25, -0.2) is 9.97 Å². The molecule has 2 N–H and O–H groups in total. The highest BCUT2D eigenvalue weighted by Gasteiger charge is 2.23.